The highest BCUT2D eigenvalue weighted by Gasteiger charge is 2.48. The fourth-order valence-corrected chi connectivity index (χ4v) is 6.30. The summed E-state index contributed by atoms with van der Waals surface area (Å²) in [6.45, 7) is 0. The molecule has 9 heteroatoms. The standard InChI is InChI=1S/C14H12ClN3O2S3/c15-9-3-1-8(2-4-9)10-5-22-14(17-10)18-12-7-23(19,20)6-11(12)16-13(18)21/h1-5,11-12H,6-7H2,(H,16,21)/t11-,12-/m0/s1. The Morgan fingerprint density at radius 2 is 2.04 bits per heavy atom. The summed E-state index contributed by atoms with van der Waals surface area (Å²) < 4.78 is 23.7. The van der Waals surface area contributed by atoms with Crippen LogP contribution in [-0.2, 0) is 9.84 Å². The number of benzene rings is 1. The van der Waals surface area contributed by atoms with Crippen LogP contribution >= 0.6 is 35.2 Å². The maximum absolute atomic E-state index is 11.8. The van der Waals surface area contributed by atoms with E-state index in [1.165, 1.54) is 11.3 Å². The van der Waals surface area contributed by atoms with Gasteiger partial charge in [0.25, 0.3) is 0 Å². The maximum atomic E-state index is 11.8. The van der Waals surface area contributed by atoms with Crippen molar-refractivity contribution in [1.29, 1.82) is 0 Å². The number of rotatable bonds is 2. The smallest absolute Gasteiger partial charge is 0.192 e. The van der Waals surface area contributed by atoms with E-state index in [2.05, 4.69) is 10.3 Å². The van der Waals surface area contributed by atoms with Crippen molar-refractivity contribution in [1.82, 2.24) is 10.3 Å². The highest BCUT2D eigenvalue weighted by Crippen LogP contribution is 2.34. The number of hydrogen-bond donors (Lipinski definition) is 1. The second-order valence-corrected chi connectivity index (χ2v) is 9.41. The van der Waals surface area contributed by atoms with Gasteiger partial charge in [-0.05, 0) is 24.4 Å². The zero-order chi connectivity index (χ0) is 16.2. The van der Waals surface area contributed by atoms with Crippen molar-refractivity contribution in [2.45, 2.75) is 12.1 Å². The molecule has 5 nitrogen and oxygen atoms in total. The monoisotopic (exact) mass is 385 g/mol. The third-order valence-electron chi connectivity index (χ3n) is 4.02. The average molecular weight is 386 g/mol. The number of anilines is 1. The molecule has 1 N–H and O–H groups in total. The molecule has 0 saturated carbocycles. The molecule has 0 amide bonds. The van der Waals surface area contributed by atoms with E-state index in [0.717, 1.165) is 16.4 Å². The van der Waals surface area contributed by atoms with Crippen LogP contribution in [0, 0.1) is 0 Å². The number of sulfone groups is 1. The molecule has 0 aliphatic carbocycles. The second-order valence-electron chi connectivity index (χ2n) is 5.59. The molecule has 0 spiro atoms. The van der Waals surface area contributed by atoms with Crippen LogP contribution in [-0.4, -0.2) is 42.1 Å². The van der Waals surface area contributed by atoms with Gasteiger partial charge in [-0.2, -0.15) is 0 Å². The van der Waals surface area contributed by atoms with Gasteiger partial charge >= 0.3 is 0 Å². The highest BCUT2D eigenvalue weighted by molar-refractivity contribution is 7.91. The summed E-state index contributed by atoms with van der Waals surface area (Å²) >= 11 is 12.7. The fourth-order valence-electron chi connectivity index (χ4n) is 2.96. The van der Waals surface area contributed by atoms with Gasteiger partial charge in [-0.3, -0.25) is 4.90 Å². The number of halogens is 1. The minimum atomic E-state index is -3.02. The third kappa shape index (κ3) is 2.73. The summed E-state index contributed by atoms with van der Waals surface area (Å²) in [5, 5.41) is 6.99. The molecule has 1 aromatic heterocycles. The molecule has 4 rings (SSSR count). The summed E-state index contributed by atoms with van der Waals surface area (Å²) in [6.07, 6.45) is 0. The summed E-state index contributed by atoms with van der Waals surface area (Å²) in [6, 6.07) is 7.14. The van der Waals surface area contributed by atoms with E-state index in [1.807, 2.05) is 34.5 Å². The molecule has 2 aromatic rings. The Morgan fingerprint density at radius 3 is 2.78 bits per heavy atom. The van der Waals surface area contributed by atoms with Crippen LogP contribution in [0.5, 0.6) is 0 Å². The normalized spacial score (nSPS) is 25.4. The van der Waals surface area contributed by atoms with Crippen molar-refractivity contribution < 1.29 is 8.42 Å². The van der Waals surface area contributed by atoms with Gasteiger partial charge in [-0.1, -0.05) is 23.7 Å². The van der Waals surface area contributed by atoms with Gasteiger partial charge in [-0.15, -0.1) is 11.3 Å². The fraction of sp³-hybridized carbons (Fsp3) is 0.286. The number of nitrogens with one attached hydrogen (secondary N) is 1. The topological polar surface area (TPSA) is 62.3 Å². The molecule has 23 heavy (non-hydrogen) atoms. The van der Waals surface area contributed by atoms with Gasteiger partial charge in [0.1, 0.15) is 0 Å². The number of thiocarbonyl (C=S) groups is 1. The lowest BCUT2D eigenvalue weighted by atomic mass is 10.2. The third-order valence-corrected chi connectivity index (χ3v) is 7.14. The first-order valence-corrected chi connectivity index (χ1v) is 10.4. The molecule has 2 atom stereocenters. The van der Waals surface area contributed by atoms with E-state index < -0.39 is 9.84 Å². The molecule has 2 aliphatic rings. The molecule has 2 aliphatic heterocycles. The average Bonchev–Trinajstić information content (AvgIpc) is 3.12. The van der Waals surface area contributed by atoms with Crippen LogP contribution in [0.1, 0.15) is 0 Å². The summed E-state index contributed by atoms with van der Waals surface area (Å²) in [4.78, 5) is 6.47. The number of fused-ring (bicyclic) bond motifs is 1. The van der Waals surface area contributed by atoms with Crippen LogP contribution in [0.4, 0.5) is 5.13 Å². The zero-order valence-corrected chi connectivity index (χ0v) is 15.0. The Labute approximate surface area is 148 Å². The van der Waals surface area contributed by atoms with Crippen LogP contribution < -0.4 is 10.2 Å². The lowest BCUT2D eigenvalue weighted by Gasteiger charge is -2.19. The van der Waals surface area contributed by atoms with E-state index >= 15 is 0 Å². The number of thiazole rings is 1. The van der Waals surface area contributed by atoms with E-state index in [-0.39, 0.29) is 23.6 Å². The van der Waals surface area contributed by atoms with Crippen molar-refractivity contribution in [3.8, 4) is 11.3 Å². The van der Waals surface area contributed by atoms with Crippen molar-refractivity contribution >= 4 is 55.2 Å². The van der Waals surface area contributed by atoms with E-state index in [1.54, 1.807) is 0 Å². The minimum Gasteiger partial charge on any atom is -0.356 e. The predicted octanol–water partition coefficient (Wildman–Crippen LogP) is 2.32. The van der Waals surface area contributed by atoms with Gasteiger partial charge in [0.15, 0.2) is 20.1 Å². The van der Waals surface area contributed by atoms with Gasteiger partial charge in [-0.25, -0.2) is 13.4 Å². The van der Waals surface area contributed by atoms with Gasteiger partial charge < -0.3 is 5.32 Å². The molecular formula is C14H12ClN3O2S3. The van der Waals surface area contributed by atoms with Gasteiger partial charge in [0, 0.05) is 16.0 Å². The molecule has 0 radical (unpaired) electrons. The molecule has 2 saturated heterocycles. The van der Waals surface area contributed by atoms with E-state index in [0.29, 0.717) is 10.1 Å². The molecule has 2 fully saturated rings. The van der Waals surface area contributed by atoms with Gasteiger partial charge in [0.05, 0.1) is 29.3 Å². The molecular weight excluding hydrogens is 374 g/mol. The first kappa shape index (κ1) is 15.3. The Bertz CT molecular complexity index is 879. The maximum Gasteiger partial charge on any atom is 0.192 e. The quantitative estimate of drug-likeness (QED) is 0.800. The molecule has 3 heterocycles. The van der Waals surface area contributed by atoms with Crippen molar-refractivity contribution in [3.05, 3.63) is 34.7 Å². The minimum absolute atomic E-state index is 0.112. The van der Waals surface area contributed by atoms with Gasteiger partial charge in [0.2, 0.25) is 0 Å². The second kappa shape index (κ2) is 5.41. The van der Waals surface area contributed by atoms with Crippen molar-refractivity contribution in [3.63, 3.8) is 0 Å². The van der Waals surface area contributed by atoms with Crippen molar-refractivity contribution in [2.24, 2.45) is 0 Å². The Balaban J connectivity index is 1.66. The van der Waals surface area contributed by atoms with E-state index in [4.69, 9.17) is 23.8 Å². The van der Waals surface area contributed by atoms with Crippen LogP contribution in [0.3, 0.4) is 0 Å². The predicted molar refractivity (Wildman–Crippen MR) is 97.0 cm³/mol. The van der Waals surface area contributed by atoms with Crippen LogP contribution in [0.15, 0.2) is 29.6 Å². The first-order chi connectivity index (χ1) is 10.9. The van der Waals surface area contributed by atoms with Crippen molar-refractivity contribution in [2.75, 3.05) is 16.4 Å². The van der Waals surface area contributed by atoms with Crippen LogP contribution in [0.2, 0.25) is 5.02 Å². The number of aromatic nitrogens is 1. The zero-order valence-electron chi connectivity index (χ0n) is 11.8. The Kier molecular flexibility index (Phi) is 3.60. The lowest BCUT2D eigenvalue weighted by molar-refractivity contribution is 0.600. The Hall–Kier alpha value is -1.22. The van der Waals surface area contributed by atoms with E-state index in [9.17, 15) is 8.42 Å². The lowest BCUT2D eigenvalue weighted by Crippen LogP contribution is -2.36. The van der Waals surface area contributed by atoms with Crippen LogP contribution in [0.25, 0.3) is 11.3 Å². The molecule has 0 unspecified atom stereocenters. The largest absolute Gasteiger partial charge is 0.356 e. The number of nitrogens with zero attached hydrogens (tertiary/aromatic N) is 2. The summed E-state index contributed by atoms with van der Waals surface area (Å²) in [5.74, 6) is 0.240. The number of hydrogen-bond acceptors (Lipinski definition) is 5. The molecule has 120 valence electrons. The molecule has 1 aromatic carbocycles. The SMILES string of the molecule is O=S1(=O)C[C@@H]2NC(=S)N(c3nc(-c4ccc(Cl)cc4)cs3)[C@H]2C1. The molecule has 0 bridgehead atoms. The first-order valence-electron chi connectivity index (χ1n) is 6.94. The highest BCUT2D eigenvalue weighted by atomic mass is 35.5. The Morgan fingerprint density at radius 1 is 1.30 bits per heavy atom. The summed E-state index contributed by atoms with van der Waals surface area (Å²) in [7, 11) is -3.02. The summed E-state index contributed by atoms with van der Waals surface area (Å²) in [5.41, 5.74) is 1.79.